The van der Waals surface area contributed by atoms with Crippen molar-refractivity contribution in [2.24, 2.45) is 0 Å². The van der Waals surface area contributed by atoms with Gasteiger partial charge in [0.1, 0.15) is 5.75 Å². The van der Waals surface area contributed by atoms with E-state index in [4.69, 9.17) is 0 Å². The Morgan fingerprint density at radius 3 is 1.96 bits per heavy atom. The minimum absolute atomic E-state index is 0.0684. The van der Waals surface area contributed by atoms with E-state index in [0.717, 1.165) is 38.8 Å². The Morgan fingerprint density at radius 2 is 1.41 bits per heavy atom. The van der Waals surface area contributed by atoms with Gasteiger partial charge in [-0.2, -0.15) is 0 Å². The highest BCUT2D eigenvalue weighted by atomic mass is 16.4. The fourth-order valence-corrected chi connectivity index (χ4v) is 3.03. The zero-order chi connectivity index (χ0) is 19.8. The first-order chi connectivity index (χ1) is 13.0. The van der Waals surface area contributed by atoms with Gasteiger partial charge < -0.3 is 15.1 Å². The van der Waals surface area contributed by atoms with Crippen LogP contribution in [0, 0.1) is 0 Å². The number of nitrogens with zero attached hydrogens (tertiary/aromatic N) is 1. The third-order valence-corrected chi connectivity index (χ3v) is 4.57. The highest BCUT2D eigenvalue weighted by molar-refractivity contribution is 6.16. The average Bonchev–Trinajstić information content (AvgIpc) is 2.68. The number of hydrogen-bond donors (Lipinski definition) is 2. The maximum Gasteiger partial charge on any atom is 0.336 e. The number of carboxylic acids is 1. The lowest BCUT2D eigenvalue weighted by Crippen LogP contribution is -2.26. The summed E-state index contributed by atoms with van der Waals surface area (Å²) >= 11 is 0. The Morgan fingerprint density at radius 1 is 0.852 bits per heavy atom. The fourth-order valence-electron chi connectivity index (χ4n) is 3.03. The molecule has 2 aromatic rings. The van der Waals surface area contributed by atoms with Crippen molar-refractivity contribution in [3.8, 4) is 5.75 Å². The second kappa shape index (κ2) is 9.76. The molecule has 144 valence electrons. The maximum atomic E-state index is 13.0. The zero-order valence-electron chi connectivity index (χ0n) is 15.9. The molecule has 0 radical (unpaired) electrons. The Hall–Kier alpha value is -2.82. The number of aromatic carboxylic acids is 1. The molecule has 0 amide bonds. The van der Waals surface area contributed by atoms with Gasteiger partial charge in [0.25, 0.3) is 0 Å². The van der Waals surface area contributed by atoms with Crippen molar-refractivity contribution in [1.29, 1.82) is 0 Å². The van der Waals surface area contributed by atoms with Crippen LogP contribution in [0.2, 0.25) is 0 Å². The lowest BCUT2D eigenvalue weighted by atomic mass is 9.97. The van der Waals surface area contributed by atoms with Gasteiger partial charge in [-0.05, 0) is 31.0 Å². The van der Waals surface area contributed by atoms with Crippen molar-refractivity contribution < 1.29 is 19.8 Å². The molecule has 0 aromatic heterocycles. The molecule has 0 saturated heterocycles. The van der Waals surface area contributed by atoms with Crippen LogP contribution in [0.4, 0.5) is 5.69 Å². The smallest absolute Gasteiger partial charge is 0.336 e. The number of carbonyl (C=O) groups is 2. The number of carboxylic acid groups (broad SMARTS) is 1. The van der Waals surface area contributed by atoms with E-state index in [1.165, 1.54) is 18.2 Å². The number of hydrogen-bond acceptors (Lipinski definition) is 4. The minimum atomic E-state index is -1.16. The van der Waals surface area contributed by atoms with E-state index >= 15 is 0 Å². The van der Waals surface area contributed by atoms with Crippen molar-refractivity contribution in [2.45, 2.75) is 39.5 Å². The molecule has 2 rings (SSSR count). The van der Waals surface area contributed by atoms with E-state index in [0.29, 0.717) is 5.69 Å². The molecule has 0 aliphatic carbocycles. The topological polar surface area (TPSA) is 77.8 Å². The Labute approximate surface area is 160 Å². The van der Waals surface area contributed by atoms with Crippen LogP contribution in [0.15, 0.2) is 42.5 Å². The van der Waals surface area contributed by atoms with Gasteiger partial charge in [0, 0.05) is 18.7 Å². The standard InChI is InChI=1S/C22H27NO4/c1-3-5-14-23(15-6-4-2)19-13-9-12-18(21(19)25)20(24)16-10-7-8-11-17(16)22(26)27/h7-13,25H,3-6,14-15H2,1-2H3,(H,26,27). The predicted octanol–water partition coefficient (Wildman–Crippen LogP) is 4.73. The Kier molecular flexibility index (Phi) is 7.41. The summed E-state index contributed by atoms with van der Waals surface area (Å²) in [5.74, 6) is -1.74. The average molecular weight is 369 g/mol. The summed E-state index contributed by atoms with van der Waals surface area (Å²) in [7, 11) is 0. The molecule has 0 aliphatic heterocycles. The molecule has 2 aromatic carbocycles. The molecular formula is C22H27NO4. The lowest BCUT2D eigenvalue weighted by molar-refractivity contribution is 0.0692. The van der Waals surface area contributed by atoms with Crippen LogP contribution in [0.3, 0.4) is 0 Å². The number of phenols is 1. The molecule has 0 atom stereocenters. The molecule has 0 unspecified atom stereocenters. The van der Waals surface area contributed by atoms with Crippen molar-refractivity contribution in [1.82, 2.24) is 0 Å². The minimum Gasteiger partial charge on any atom is -0.505 e. The van der Waals surface area contributed by atoms with Gasteiger partial charge in [-0.15, -0.1) is 0 Å². The number of phenolic OH excluding ortho intramolecular Hbond substituents is 1. The SMILES string of the molecule is CCCCN(CCCC)c1cccc(C(=O)c2ccccc2C(=O)O)c1O. The molecule has 0 spiro atoms. The fraction of sp³-hybridized carbons (Fsp3) is 0.364. The van der Waals surface area contributed by atoms with Gasteiger partial charge in [-0.3, -0.25) is 4.79 Å². The van der Waals surface area contributed by atoms with Gasteiger partial charge in [-0.25, -0.2) is 4.79 Å². The highest BCUT2D eigenvalue weighted by Crippen LogP contribution is 2.33. The van der Waals surface area contributed by atoms with Gasteiger partial charge in [0.05, 0.1) is 16.8 Å². The van der Waals surface area contributed by atoms with Gasteiger partial charge >= 0.3 is 5.97 Å². The second-order valence-electron chi connectivity index (χ2n) is 6.55. The van der Waals surface area contributed by atoms with Crippen LogP contribution < -0.4 is 4.90 Å². The van der Waals surface area contributed by atoms with Crippen molar-refractivity contribution in [3.05, 3.63) is 59.2 Å². The Balaban J connectivity index is 2.43. The third-order valence-electron chi connectivity index (χ3n) is 4.57. The van der Waals surface area contributed by atoms with E-state index in [1.54, 1.807) is 24.3 Å². The van der Waals surface area contributed by atoms with E-state index in [9.17, 15) is 19.8 Å². The van der Waals surface area contributed by atoms with Crippen LogP contribution in [0.5, 0.6) is 5.75 Å². The molecule has 0 aliphatic rings. The number of carbonyl (C=O) groups excluding carboxylic acids is 1. The third kappa shape index (κ3) is 4.88. The molecule has 0 fully saturated rings. The van der Waals surface area contributed by atoms with Crippen molar-refractivity contribution in [3.63, 3.8) is 0 Å². The maximum absolute atomic E-state index is 13.0. The number of unbranched alkanes of at least 4 members (excludes halogenated alkanes) is 2. The van der Waals surface area contributed by atoms with Crippen LogP contribution in [0.25, 0.3) is 0 Å². The first-order valence-electron chi connectivity index (χ1n) is 9.45. The molecule has 0 heterocycles. The van der Waals surface area contributed by atoms with E-state index in [1.807, 2.05) is 0 Å². The number of benzene rings is 2. The first-order valence-corrected chi connectivity index (χ1v) is 9.45. The molecule has 5 nitrogen and oxygen atoms in total. The molecule has 0 bridgehead atoms. The summed E-state index contributed by atoms with van der Waals surface area (Å²) in [6.07, 6.45) is 4.05. The number of anilines is 1. The molecule has 0 saturated carbocycles. The number of ketones is 1. The summed E-state index contributed by atoms with van der Waals surface area (Å²) in [6, 6.07) is 11.1. The first kappa shape index (κ1) is 20.5. The van der Waals surface area contributed by atoms with E-state index in [-0.39, 0.29) is 22.4 Å². The van der Waals surface area contributed by atoms with E-state index in [2.05, 4.69) is 18.7 Å². The summed E-state index contributed by atoms with van der Waals surface area (Å²) in [5.41, 5.74) is 0.752. The van der Waals surface area contributed by atoms with E-state index < -0.39 is 11.8 Å². The van der Waals surface area contributed by atoms with Crippen LogP contribution in [-0.4, -0.2) is 35.1 Å². The molecule has 5 heteroatoms. The quantitative estimate of drug-likeness (QED) is 0.592. The largest absolute Gasteiger partial charge is 0.505 e. The number of rotatable bonds is 10. The second-order valence-corrected chi connectivity index (χ2v) is 6.55. The Bertz CT molecular complexity index is 793. The molecular weight excluding hydrogens is 342 g/mol. The summed E-state index contributed by atoms with van der Waals surface area (Å²) in [6.45, 7) is 5.82. The number of aromatic hydroxyl groups is 1. The molecule has 2 N–H and O–H groups in total. The monoisotopic (exact) mass is 369 g/mol. The highest BCUT2D eigenvalue weighted by Gasteiger charge is 2.22. The zero-order valence-corrected chi connectivity index (χ0v) is 15.9. The van der Waals surface area contributed by atoms with Gasteiger partial charge in [0.15, 0.2) is 5.78 Å². The van der Waals surface area contributed by atoms with Crippen molar-refractivity contribution in [2.75, 3.05) is 18.0 Å². The van der Waals surface area contributed by atoms with Gasteiger partial charge in [-0.1, -0.05) is 51.0 Å². The normalized spacial score (nSPS) is 10.6. The number of para-hydroxylation sites is 1. The molecule has 27 heavy (non-hydrogen) atoms. The summed E-state index contributed by atoms with van der Waals surface area (Å²) < 4.78 is 0. The van der Waals surface area contributed by atoms with Crippen LogP contribution >= 0.6 is 0 Å². The summed E-state index contributed by atoms with van der Waals surface area (Å²) in [5, 5.41) is 20.2. The lowest BCUT2D eigenvalue weighted by Gasteiger charge is -2.26. The van der Waals surface area contributed by atoms with Crippen molar-refractivity contribution >= 4 is 17.4 Å². The van der Waals surface area contributed by atoms with Crippen LogP contribution in [-0.2, 0) is 0 Å². The summed E-state index contributed by atoms with van der Waals surface area (Å²) in [4.78, 5) is 26.5. The van der Waals surface area contributed by atoms with Gasteiger partial charge in [0.2, 0.25) is 0 Å². The van der Waals surface area contributed by atoms with Crippen LogP contribution in [0.1, 0.15) is 65.8 Å². The predicted molar refractivity (Wildman–Crippen MR) is 107 cm³/mol.